The van der Waals surface area contributed by atoms with Gasteiger partial charge in [-0.25, -0.2) is 4.79 Å². The van der Waals surface area contributed by atoms with Crippen LogP contribution in [-0.4, -0.2) is 41.8 Å². The van der Waals surface area contributed by atoms with Crippen molar-refractivity contribution in [3.8, 4) is 0 Å². The van der Waals surface area contributed by atoms with Gasteiger partial charge in [-0.2, -0.15) is 0 Å². The summed E-state index contributed by atoms with van der Waals surface area (Å²) in [6.45, 7) is 3.90. The SMILES string of the molecule is CCC(O)CN1CCCNC1=O. The predicted octanol–water partition coefficient (Wildman–Crippen LogP) is 0.173. The summed E-state index contributed by atoms with van der Waals surface area (Å²) in [5.41, 5.74) is 0. The molecule has 4 nitrogen and oxygen atoms in total. The summed E-state index contributed by atoms with van der Waals surface area (Å²) in [7, 11) is 0. The standard InChI is InChI=1S/C8H16N2O2/c1-2-7(11)6-10-5-3-4-9-8(10)12/h7,11H,2-6H2,1H3,(H,9,12). The first-order valence-corrected chi connectivity index (χ1v) is 4.45. The zero-order valence-electron chi connectivity index (χ0n) is 7.42. The van der Waals surface area contributed by atoms with E-state index in [1.165, 1.54) is 0 Å². The third-order valence-electron chi connectivity index (χ3n) is 2.07. The van der Waals surface area contributed by atoms with Crippen molar-refractivity contribution in [1.82, 2.24) is 10.2 Å². The van der Waals surface area contributed by atoms with Crippen LogP contribution in [0.15, 0.2) is 0 Å². The van der Waals surface area contributed by atoms with E-state index in [-0.39, 0.29) is 12.1 Å². The third kappa shape index (κ3) is 2.37. The molecule has 0 aliphatic carbocycles. The lowest BCUT2D eigenvalue weighted by Gasteiger charge is -2.28. The van der Waals surface area contributed by atoms with E-state index in [1.807, 2.05) is 6.92 Å². The van der Waals surface area contributed by atoms with Crippen molar-refractivity contribution >= 4 is 6.03 Å². The summed E-state index contributed by atoms with van der Waals surface area (Å²) >= 11 is 0. The van der Waals surface area contributed by atoms with Crippen LogP contribution in [0.2, 0.25) is 0 Å². The molecule has 0 aromatic heterocycles. The highest BCUT2D eigenvalue weighted by Crippen LogP contribution is 2.02. The van der Waals surface area contributed by atoms with Gasteiger partial charge in [0.1, 0.15) is 0 Å². The fourth-order valence-corrected chi connectivity index (χ4v) is 1.24. The number of nitrogens with one attached hydrogen (secondary N) is 1. The topological polar surface area (TPSA) is 52.6 Å². The maximum atomic E-state index is 11.1. The summed E-state index contributed by atoms with van der Waals surface area (Å²) in [6.07, 6.45) is 1.29. The minimum absolute atomic E-state index is 0.0475. The molecule has 1 aliphatic heterocycles. The lowest BCUT2D eigenvalue weighted by molar-refractivity contribution is 0.111. The van der Waals surface area contributed by atoms with Gasteiger partial charge in [-0.3, -0.25) is 0 Å². The van der Waals surface area contributed by atoms with Gasteiger partial charge in [-0.05, 0) is 12.8 Å². The highest BCUT2D eigenvalue weighted by Gasteiger charge is 2.19. The van der Waals surface area contributed by atoms with E-state index in [2.05, 4.69) is 5.32 Å². The van der Waals surface area contributed by atoms with Crippen molar-refractivity contribution < 1.29 is 9.90 Å². The minimum Gasteiger partial charge on any atom is -0.391 e. The number of carbonyl (C=O) groups is 1. The number of urea groups is 1. The first kappa shape index (κ1) is 9.32. The Kier molecular flexibility index (Phi) is 3.34. The van der Waals surface area contributed by atoms with Crippen LogP contribution in [0.1, 0.15) is 19.8 Å². The fourth-order valence-electron chi connectivity index (χ4n) is 1.24. The van der Waals surface area contributed by atoms with Gasteiger partial charge in [-0.15, -0.1) is 0 Å². The van der Waals surface area contributed by atoms with Gasteiger partial charge < -0.3 is 15.3 Å². The molecule has 0 saturated carbocycles. The van der Waals surface area contributed by atoms with Gasteiger partial charge in [-0.1, -0.05) is 6.92 Å². The number of hydrogen-bond acceptors (Lipinski definition) is 2. The lowest BCUT2D eigenvalue weighted by atomic mass is 10.2. The van der Waals surface area contributed by atoms with Crippen LogP contribution < -0.4 is 5.32 Å². The molecule has 1 aliphatic rings. The minimum atomic E-state index is -0.381. The molecule has 70 valence electrons. The summed E-state index contributed by atoms with van der Waals surface area (Å²) in [5.74, 6) is 0. The number of aliphatic hydroxyl groups excluding tert-OH is 1. The first-order valence-electron chi connectivity index (χ1n) is 4.45. The predicted molar refractivity (Wildman–Crippen MR) is 45.9 cm³/mol. The molecule has 1 heterocycles. The Morgan fingerprint density at radius 1 is 1.75 bits per heavy atom. The third-order valence-corrected chi connectivity index (χ3v) is 2.07. The van der Waals surface area contributed by atoms with Gasteiger partial charge in [0.05, 0.1) is 6.10 Å². The molecule has 4 heteroatoms. The molecular weight excluding hydrogens is 156 g/mol. The molecule has 12 heavy (non-hydrogen) atoms. The maximum absolute atomic E-state index is 11.1. The second-order valence-electron chi connectivity index (χ2n) is 3.09. The van der Waals surface area contributed by atoms with Crippen molar-refractivity contribution in [3.05, 3.63) is 0 Å². The second-order valence-corrected chi connectivity index (χ2v) is 3.09. The molecule has 1 atom stereocenters. The number of aliphatic hydroxyl groups is 1. The Labute approximate surface area is 72.6 Å². The molecular formula is C8H16N2O2. The highest BCUT2D eigenvalue weighted by molar-refractivity contribution is 5.74. The summed E-state index contributed by atoms with van der Waals surface area (Å²) in [5, 5.41) is 12.0. The van der Waals surface area contributed by atoms with E-state index in [0.717, 1.165) is 19.5 Å². The average molecular weight is 172 g/mol. The summed E-state index contributed by atoms with van der Waals surface area (Å²) in [6, 6.07) is -0.0475. The second kappa shape index (κ2) is 4.30. The quantitative estimate of drug-likeness (QED) is 0.637. The number of β-amino-alcohol motifs (C(OH)–C–C–N with tert-alkyl or cyclic N) is 1. The molecule has 0 aromatic rings. The van der Waals surface area contributed by atoms with E-state index in [9.17, 15) is 9.90 Å². The number of carbonyl (C=O) groups excluding carboxylic acids is 1. The lowest BCUT2D eigenvalue weighted by Crippen LogP contribution is -2.48. The van der Waals surface area contributed by atoms with Crippen LogP contribution in [0.3, 0.4) is 0 Å². The van der Waals surface area contributed by atoms with Crippen molar-refractivity contribution in [2.45, 2.75) is 25.9 Å². The van der Waals surface area contributed by atoms with Gasteiger partial charge in [0.15, 0.2) is 0 Å². The van der Waals surface area contributed by atoms with Crippen LogP contribution in [0, 0.1) is 0 Å². The van der Waals surface area contributed by atoms with E-state index < -0.39 is 0 Å². The molecule has 0 spiro atoms. The van der Waals surface area contributed by atoms with E-state index in [4.69, 9.17) is 0 Å². The maximum Gasteiger partial charge on any atom is 0.317 e. The van der Waals surface area contributed by atoms with Crippen LogP contribution in [0.25, 0.3) is 0 Å². The van der Waals surface area contributed by atoms with Crippen molar-refractivity contribution in [2.75, 3.05) is 19.6 Å². The monoisotopic (exact) mass is 172 g/mol. The smallest absolute Gasteiger partial charge is 0.317 e. The summed E-state index contributed by atoms with van der Waals surface area (Å²) < 4.78 is 0. The van der Waals surface area contributed by atoms with Gasteiger partial charge >= 0.3 is 6.03 Å². The van der Waals surface area contributed by atoms with Gasteiger partial charge in [0, 0.05) is 19.6 Å². The molecule has 2 amide bonds. The Morgan fingerprint density at radius 2 is 2.50 bits per heavy atom. The fraction of sp³-hybridized carbons (Fsp3) is 0.875. The van der Waals surface area contributed by atoms with Crippen LogP contribution in [0.5, 0.6) is 0 Å². The van der Waals surface area contributed by atoms with E-state index >= 15 is 0 Å². The number of hydrogen-bond donors (Lipinski definition) is 2. The Bertz CT molecular complexity index is 161. The Hall–Kier alpha value is -0.770. The molecule has 1 rings (SSSR count). The normalized spacial score (nSPS) is 20.5. The molecule has 0 bridgehead atoms. The van der Waals surface area contributed by atoms with E-state index in [1.54, 1.807) is 4.90 Å². The van der Waals surface area contributed by atoms with Gasteiger partial charge in [0.2, 0.25) is 0 Å². The average Bonchev–Trinajstić information content (AvgIpc) is 2.09. The molecule has 0 aromatic carbocycles. The van der Waals surface area contributed by atoms with E-state index in [0.29, 0.717) is 13.0 Å². The zero-order chi connectivity index (χ0) is 8.97. The molecule has 2 N–H and O–H groups in total. The summed E-state index contributed by atoms with van der Waals surface area (Å²) in [4.78, 5) is 12.8. The van der Waals surface area contributed by atoms with Crippen LogP contribution in [-0.2, 0) is 0 Å². The van der Waals surface area contributed by atoms with Crippen LogP contribution >= 0.6 is 0 Å². The molecule has 1 saturated heterocycles. The largest absolute Gasteiger partial charge is 0.391 e. The molecule has 1 unspecified atom stereocenters. The van der Waals surface area contributed by atoms with Crippen LogP contribution in [0.4, 0.5) is 4.79 Å². The number of amides is 2. The first-order chi connectivity index (χ1) is 5.74. The van der Waals surface area contributed by atoms with Crippen molar-refractivity contribution in [3.63, 3.8) is 0 Å². The molecule has 1 fully saturated rings. The molecule has 0 radical (unpaired) electrons. The Morgan fingerprint density at radius 3 is 3.08 bits per heavy atom. The zero-order valence-corrected chi connectivity index (χ0v) is 7.42. The highest BCUT2D eigenvalue weighted by atomic mass is 16.3. The Balaban J connectivity index is 2.34. The number of nitrogens with zero attached hydrogens (tertiary/aromatic N) is 1. The van der Waals surface area contributed by atoms with Gasteiger partial charge in [0.25, 0.3) is 0 Å². The van der Waals surface area contributed by atoms with Crippen molar-refractivity contribution in [2.24, 2.45) is 0 Å². The number of rotatable bonds is 3. The van der Waals surface area contributed by atoms with Crippen molar-refractivity contribution in [1.29, 1.82) is 0 Å².